The van der Waals surface area contributed by atoms with Gasteiger partial charge in [0, 0.05) is 10.8 Å². The molecular weight excluding hydrogens is 143 g/mol. The molecule has 8 heavy (non-hydrogen) atoms. The van der Waals surface area contributed by atoms with Crippen molar-refractivity contribution < 1.29 is 4.39 Å². The molecule has 3 heteroatoms. The highest BCUT2D eigenvalue weighted by atomic mass is 32.2. The van der Waals surface area contributed by atoms with Gasteiger partial charge in [-0.05, 0) is 6.26 Å². The topological polar surface area (TPSA) is 0 Å². The Morgan fingerprint density at radius 2 is 2.38 bits per heavy atom. The Morgan fingerprint density at radius 1 is 1.62 bits per heavy atom. The summed E-state index contributed by atoms with van der Waals surface area (Å²) in [4.78, 5) is 0.745. The van der Waals surface area contributed by atoms with E-state index < -0.39 is 0 Å². The van der Waals surface area contributed by atoms with Crippen LogP contribution in [-0.4, -0.2) is 6.26 Å². The van der Waals surface area contributed by atoms with Gasteiger partial charge in [-0.25, -0.2) is 4.39 Å². The minimum Gasteiger partial charge on any atom is -0.205 e. The molecule has 0 fully saturated rings. The summed E-state index contributed by atoms with van der Waals surface area (Å²) < 4.78 is 12.3. The fraction of sp³-hybridized carbons (Fsp3) is 0.200. The molecule has 1 aromatic heterocycles. The van der Waals surface area contributed by atoms with Gasteiger partial charge in [0.05, 0.1) is 4.90 Å². The summed E-state index contributed by atoms with van der Waals surface area (Å²) in [5, 5.41) is 3.31. The summed E-state index contributed by atoms with van der Waals surface area (Å²) in [6.07, 6.45) is 1.87. The second-order valence-electron chi connectivity index (χ2n) is 1.29. The third-order valence-corrected chi connectivity index (χ3v) is 2.42. The van der Waals surface area contributed by atoms with Crippen LogP contribution in [0.25, 0.3) is 0 Å². The Morgan fingerprint density at radius 3 is 2.62 bits per heavy atom. The molecule has 0 aromatic carbocycles. The van der Waals surface area contributed by atoms with E-state index in [1.807, 2.05) is 6.26 Å². The van der Waals surface area contributed by atoms with Crippen LogP contribution in [0.15, 0.2) is 15.7 Å². The Kier molecular flexibility index (Phi) is 1.91. The lowest BCUT2D eigenvalue weighted by atomic mass is 10.6. The Hall–Kier alpha value is -0.0200. The van der Waals surface area contributed by atoms with Gasteiger partial charge in [0.15, 0.2) is 0 Å². The van der Waals surface area contributed by atoms with Crippen LogP contribution in [0, 0.1) is 5.82 Å². The van der Waals surface area contributed by atoms with Gasteiger partial charge in [-0.15, -0.1) is 23.1 Å². The van der Waals surface area contributed by atoms with E-state index in [0.29, 0.717) is 0 Å². The lowest BCUT2D eigenvalue weighted by molar-refractivity contribution is 0.609. The van der Waals surface area contributed by atoms with Gasteiger partial charge in [0.2, 0.25) is 0 Å². The molecule has 0 aliphatic carbocycles. The van der Waals surface area contributed by atoms with Crippen molar-refractivity contribution in [1.82, 2.24) is 0 Å². The molecule has 1 rings (SSSR count). The zero-order chi connectivity index (χ0) is 5.98. The summed E-state index contributed by atoms with van der Waals surface area (Å²) in [5.74, 6) is -0.0949. The highest BCUT2D eigenvalue weighted by Crippen LogP contribution is 2.21. The first-order valence-electron chi connectivity index (χ1n) is 2.10. The molecule has 0 nitrogen and oxygen atoms in total. The monoisotopic (exact) mass is 148 g/mol. The van der Waals surface area contributed by atoms with Gasteiger partial charge in [-0.3, -0.25) is 0 Å². The number of thiophene rings is 1. The van der Waals surface area contributed by atoms with Crippen LogP contribution in [0.3, 0.4) is 0 Å². The van der Waals surface area contributed by atoms with Crippen molar-refractivity contribution in [2.75, 3.05) is 6.26 Å². The van der Waals surface area contributed by atoms with E-state index in [1.165, 1.54) is 28.5 Å². The molecule has 0 aliphatic heterocycles. The van der Waals surface area contributed by atoms with Gasteiger partial charge in [-0.2, -0.15) is 0 Å². The van der Waals surface area contributed by atoms with Crippen molar-refractivity contribution in [2.45, 2.75) is 4.90 Å². The highest BCUT2D eigenvalue weighted by molar-refractivity contribution is 7.98. The minimum absolute atomic E-state index is 0.0949. The van der Waals surface area contributed by atoms with Gasteiger partial charge in [0.25, 0.3) is 0 Å². The van der Waals surface area contributed by atoms with Crippen LogP contribution < -0.4 is 0 Å². The molecule has 0 saturated heterocycles. The molecule has 0 saturated carbocycles. The van der Waals surface area contributed by atoms with Gasteiger partial charge >= 0.3 is 0 Å². The van der Waals surface area contributed by atoms with Crippen LogP contribution >= 0.6 is 23.1 Å². The zero-order valence-electron chi connectivity index (χ0n) is 4.35. The average Bonchev–Trinajstić information content (AvgIpc) is 2.14. The van der Waals surface area contributed by atoms with Crippen molar-refractivity contribution in [3.8, 4) is 0 Å². The van der Waals surface area contributed by atoms with Crippen LogP contribution in [0.1, 0.15) is 0 Å². The van der Waals surface area contributed by atoms with E-state index in [0.717, 1.165) is 4.90 Å². The maximum atomic E-state index is 12.3. The van der Waals surface area contributed by atoms with E-state index in [1.54, 1.807) is 5.38 Å². The normalized spacial score (nSPS) is 9.75. The zero-order valence-corrected chi connectivity index (χ0v) is 5.98. The van der Waals surface area contributed by atoms with Crippen LogP contribution in [0.5, 0.6) is 0 Å². The largest absolute Gasteiger partial charge is 0.205 e. The minimum atomic E-state index is -0.0949. The lowest BCUT2D eigenvalue weighted by Crippen LogP contribution is -1.64. The summed E-state index contributed by atoms with van der Waals surface area (Å²) in [7, 11) is 0. The molecule has 1 aromatic rings. The maximum absolute atomic E-state index is 12.3. The molecule has 0 amide bonds. The van der Waals surface area contributed by atoms with Gasteiger partial charge in [0.1, 0.15) is 5.82 Å². The first-order valence-corrected chi connectivity index (χ1v) is 4.27. The molecule has 0 aliphatic rings. The average molecular weight is 148 g/mol. The van der Waals surface area contributed by atoms with Gasteiger partial charge in [-0.1, -0.05) is 0 Å². The van der Waals surface area contributed by atoms with Crippen LogP contribution in [0.4, 0.5) is 4.39 Å². The molecule has 0 bridgehead atoms. The quantitative estimate of drug-likeness (QED) is 0.552. The third-order valence-electron chi connectivity index (χ3n) is 0.802. The Bertz CT molecular complexity index is 171. The van der Waals surface area contributed by atoms with E-state index in [9.17, 15) is 4.39 Å². The number of hydrogen-bond donors (Lipinski definition) is 0. The first-order chi connectivity index (χ1) is 3.84. The second-order valence-corrected chi connectivity index (χ2v) is 2.88. The smallest absolute Gasteiger partial charge is 0.147 e. The van der Waals surface area contributed by atoms with Crippen molar-refractivity contribution in [3.63, 3.8) is 0 Å². The van der Waals surface area contributed by atoms with Crippen LogP contribution in [0.2, 0.25) is 0 Å². The molecule has 0 spiro atoms. The predicted molar refractivity (Wildman–Crippen MR) is 36.1 cm³/mol. The fourth-order valence-corrected chi connectivity index (χ4v) is 1.85. The molecule has 0 unspecified atom stereocenters. The van der Waals surface area contributed by atoms with Crippen molar-refractivity contribution in [1.29, 1.82) is 0 Å². The maximum Gasteiger partial charge on any atom is 0.147 e. The summed E-state index contributed by atoms with van der Waals surface area (Å²) in [5.41, 5.74) is 0. The van der Waals surface area contributed by atoms with Gasteiger partial charge < -0.3 is 0 Å². The molecule has 44 valence electrons. The summed E-state index contributed by atoms with van der Waals surface area (Å²) >= 11 is 2.83. The Labute approximate surface area is 55.7 Å². The van der Waals surface area contributed by atoms with Crippen molar-refractivity contribution in [3.05, 3.63) is 16.6 Å². The Balaban J connectivity index is 2.92. The third kappa shape index (κ3) is 1.03. The summed E-state index contributed by atoms with van der Waals surface area (Å²) in [6, 6.07) is 0. The molecule has 0 radical (unpaired) electrons. The number of hydrogen-bond acceptors (Lipinski definition) is 2. The molecule has 0 atom stereocenters. The second kappa shape index (κ2) is 2.51. The molecular formula is C5H5FS2. The molecule has 1 heterocycles. The predicted octanol–water partition coefficient (Wildman–Crippen LogP) is 2.61. The standard InChI is InChI=1S/C5H5FS2/c1-7-5-3-8-2-4(5)6/h2-3H,1H3. The van der Waals surface area contributed by atoms with E-state index in [-0.39, 0.29) is 5.82 Å². The first kappa shape index (κ1) is 6.11. The highest BCUT2D eigenvalue weighted by Gasteiger charge is 1.97. The SMILES string of the molecule is CSc1cscc1F. The lowest BCUT2D eigenvalue weighted by Gasteiger charge is -1.83. The van der Waals surface area contributed by atoms with Crippen molar-refractivity contribution >= 4 is 23.1 Å². The van der Waals surface area contributed by atoms with E-state index in [4.69, 9.17) is 0 Å². The molecule has 0 N–H and O–H groups in total. The van der Waals surface area contributed by atoms with E-state index in [2.05, 4.69) is 0 Å². The number of halogens is 1. The van der Waals surface area contributed by atoms with Crippen molar-refractivity contribution in [2.24, 2.45) is 0 Å². The van der Waals surface area contributed by atoms with E-state index >= 15 is 0 Å². The summed E-state index contributed by atoms with van der Waals surface area (Å²) in [6.45, 7) is 0. The van der Waals surface area contributed by atoms with Crippen LogP contribution in [-0.2, 0) is 0 Å². The number of thioether (sulfide) groups is 1. The fourth-order valence-electron chi connectivity index (χ4n) is 0.416. The number of rotatable bonds is 1.